The number of anilines is 5. The van der Waals surface area contributed by atoms with Crippen LogP contribution in [0.25, 0.3) is 0 Å². The standard InChI is InChI=1S/C17H16ClN5/c1-11-5-2-3-8-14(11)23-17-15(19)16(20-10-21-17)22-13-7-4-6-12(18)9-13/h2-10H,19H2,1H3,(H2,20,21,22,23). The minimum atomic E-state index is 0.440. The Morgan fingerprint density at radius 1 is 0.957 bits per heavy atom. The molecule has 0 fully saturated rings. The topological polar surface area (TPSA) is 75.9 Å². The van der Waals surface area contributed by atoms with Crippen LogP contribution in [-0.2, 0) is 0 Å². The predicted molar refractivity (Wildman–Crippen MR) is 95.6 cm³/mol. The molecule has 0 atom stereocenters. The van der Waals surface area contributed by atoms with Gasteiger partial charge in [-0.25, -0.2) is 9.97 Å². The monoisotopic (exact) mass is 325 g/mol. The molecule has 2 aromatic carbocycles. The lowest BCUT2D eigenvalue weighted by molar-refractivity contribution is 1.17. The first-order chi connectivity index (χ1) is 11.1. The molecular weight excluding hydrogens is 310 g/mol. The van der Waals surface area contributed by atoms with E-state index in [1.807, 2.05) is 43.3 Å². The van der Waals surface area contributed by atoms with Crippen molar-refractivity contribution >= 4 is 40.3 Å². The van der Waals surface area contributed by atoms with E-state index in [0.717, 1.165) is 16.9 Å². The number of benzene rings is 2. The van der Waals surface area contributed by atoms with Crippen LogP contribution in [0.1, 0.15) is 5.56 Å². The summed E-state index contributed by atoms with van der Waals surface area (Å²) >= 11 is 5.99. The molecule has 0 spiro atoms. The maximum absolute atomic E-state index is 6.18. The van der Waals surface area contributed by atoms with Crippen LogP contribution in [0, 0.1) is 6.92 Å². The Kier molecular flexibility index (Phi) is 4.30. The Bertz CT molecular complexity index is 835. The highest BCUT2D eigenvalue weighted by Crippen LogP contribution is 2.29. The highest BCUT2D eigenvalue weighted by molar-refractivity contribution is 6.30. The van der Waals surface area contributed by atoms with Crippen LogP contribution in [0.5, 0.6) is 0 Å². The number of para-hydroxylation sites is 1. The highest BCUT2D eigenvalue weighted by atomic mass is 35.5. The number of nitrogen functional groups attached to an aromatic ring is 1. The SMILES string of the molecule is Cc1ccccc1Nc1ncnc(Nc2cccc(Cl)c2)c1N. The zero-order valence-corrected chi connectivity index (χ0v) is 13.3. The number of nitrogens with two attached hydrogens (primary N) is 1. The van der Waals surface area contributed by atoms with Crippen LogP contribution in [0.15, 0.2) is 54.9 Å². The van der Waals surface area contributed by atoms with Gasteiger partial charge in [0, 0.05) is 16.4 Å². The van der Waals surface area contributed by atoms with E-state index in [1.165, 1.54) is 6.33 Å². The number of hydrogen-bond acceptors (Lipinski definition) is 5. The average molecular weight is 326 g/mol. The van der Waals surface area contributed by atoms with Gasteiger partial charge >= 0.3 is 0 Å². The van der Waals surface area contributed by atoms with Crippen LogP contribution in [-0.4, -0.2) is 9.97 Å². The molecule has 0 amide bonds. The lowest BCUT2D eigenvalue weighted by atomic mass is 10.2. The number of halogens is 1. The Morgan fingerprint density at radius 3 is 2.43 bits per heavy atom. The Labute approximate surface area is 139 Å². The van der Waals surface area contributed by atoms with Crippen molar-refractivity contribution in [1.29, 1.82) is 0 Å². The third-order valence-electron chi connectivity index (χ3n) is 3.37. The second kappa shape index (κ2) is 6.54. The van der Waals surface area contributed by atoms with Crippen molar-refractivity contribution in [2.24, 2.45) is 0 Å². The summed E-state index contributed by atoms with van der Waals surface area (Å²) in [7, 11) is 0. The summed E-state index contributed by atoms with van der Waals surface area (Å²) in [5.74, 6) is 1.08. The van der Waals surface area contributed by atoms with Gasteiger partial charge in [0.1, 0.15) is 12.0 Å². The maximum Gasteiger partial charge on any atom is 0.159 e. The molecule has 0 aliphatic carbocycles. The fourth-order valence-electron chi connectivity index (χ4n) is 2.14. The Morgan fingerprint density at radius 2 is 1.70 bits per heavy atom. The van der Waals surface area contributed by atoms with Gasteiger partial charge in [-0.3, -0.25) is 0 Å². The van der Waals surface area contributed by atoms with Crippen LogP contribution in [0.2, 0.25) is 5.02 Å². The molecule has 3 rings (SSSR count). The Hall–Kier alpha value is -2.79. The van der Waals surface area contributed by atoms with Crippen molar-refractivity contribution in [2.45, 2.75) is 6.92 Å². The normalized spacial score (nSPS) is 10.3. The average Bonchev–Trinajstić information content (AvgIpc) is 2.53. The number of hydrogen-bond donors (Lipinski definition) is 3. The minimum absolute atomic E-state index is 0.440. The summed E-state index contributed by atoms with van der Waals surface area (Å²) in [4.78, 5) is 8.42. The molecular formula is C17H16ClN5. The first kappa shape index (κ1) is 15.1. The van der Waals surface area contributed by atoms with Gasteiger partial charge in [0.05, 0.1) is 0 Å². The third-order valence-corrected chi connectivity index (χ3v) is 3.60. The summed E-state index contributed by atoms with van der Waals surface area (Å²) in [5.41, 5.74) is 9.49. The molecule has 0 saturated heterocycles. The molecule has 116 valence electrons. The summed E-state index contributed by atoms with van der Waals surface area (Å²) < 4.78 is 0. The van der Waals surface area contributed by atoms with Crippen molar-refractivity contribution in [1.82, 2.24) is 9.97 Å². The van der Waals surface area contributed by atoms with Gasteiger partial charge in [-0.1, -0.05) is 35.9 Å². The van der Waals surface area contributed by atoms with Crippen LogP contribution >= 0.6 is 11.6 Å². The smallest absolute Gasteiger partial charge is 0.159 e. The molecule has 0 aliphatic rings. The van der Waals surface area contributed by atoms with Crippen LogP contribution in [0.3, 0.4) is 0 Å². The lowest BCUT2D eigenvalue weighted by Crippen LogP contribution is -2.05. The number of nitrogens with one attached hydrogen (secondary N) is 2. The quantitative estimate of drug-likeness (QED) is 0.658. The van der Waals surface area contributed by atoms with Crippen molar-refractivity contribution in [3.05, 3.63) is 65.4 Å². The zero-order valence-electron chi connectivity index (χ0n) is 12.5. The molecule has 0 aliphatic heterocycles. The van der Waals surface area contributed by atoms with Crippen molar-refractivity contribution < 1.29 is 0 Å². The number of aromatic nitrogens is 2. The van der Waals surface area contributed by atoms with E-state index in [4.69, 9.17) is 17.3 Å². The molecule has 0 unspecified atom stereocenters. The predicted octanol–water partition coefficient (Wildman–Crippen LogP) is 4.51. The van der Waals surface area contributed by atoms with E-state index < -0.39 is 0 Å². The van der Waals surface area contributed by atoms with E-state index in [2.05, 4.69) is 20.6 Å². The molecule has 1 aromatic heterocycles. The second-order valence-electron chi connectivity index (χ2n) is 5.06. The lowest BCUT2D eigenvalue weighted by Gasteiger charge is -2.13. The first-order valence-corrected chi connectivity index (χ1v) is 7.47. The molecule has 23 heavy (non-hydrogen) atoms. The van der Waals surface area contributed by atoms with E-state index >= 15 is 0 Å². The summed E-state index contributed by atoms with van der Waals surface area (Å²) in [6, 6.07) is 15.3. The number of rotatable bonds is 4. The van der Waals surface area contributed by atoms with Crippen molar-refractivity contribution in [3.63, 3.8) is 0 Å². The molecule has 3 aromatic rings. The van der Waals surface area contributed by atoms with Crippen molar-refractivity contribution in [3.8, 4) is 0 Å². The maximum atomic E-state index is 6.18. The van der Waals surface area contributed by atoms with Gasteiger partial charge in [0.25, 0.3) is 0 Å². The summed E-state index contributed by atoms with van der Waals surface area (Å²) in [5, 5.41) is 7.03. The second-order valence-corrected chi connectivity index (χ2v) is 5.50. The molecule has 0 bridgehead atoms. The number of aryl methyl sites for hydroxylation is 1. The van der Waals surface area contributed by atoms with Crippen molar-refractivity contribution in [2.75, 3.05) is 16.4 Å². The zero-order chi connectivity index (χ0) is 16.2. The van der Waals surface area contributed by atoms with E-state index in [1.54, 1.807) is 12.1 Å². The van der Waals surface area contributed by atoms with Gasteiger partial charge in [-0.15, -0.1) is 0 Å². The highest BCUT2D eigenvalue weighted by Gasteiger charge is 2.09. The first-order valence-electron chi connectivity index (χ1n) is 7.09. The third kappa shape index (κ3) is 3.52. The molecule has 4 N–H and O–H groups in total. The molecule has 0 saturated carbocycles. The molecule has 6 heteroatoms. The van der Waals surface area contributed by atoms with E-state index in [-0.39, 0.29) is 0 Å². The largest absolute Gasteiger partial charge is 0.393 e. The summed E-state index contributed by atoms with van der Waals surface area (Å²) in [6.07, 6.45) is 1.46. The fraction of sp³-hybridized carbons (Fsp3) is 0.0588. The van der Waals surface area contributed by atoms with Crippen LogP contribution < -0.4 is 16.4 Å². The molecule has 0 radical (unpaired) electrons. The Balaban J connectivity index is 1.88. The van der Waals surface area contributed by atoms with Gasteiger partial charge in [0.15, 0.2) is 11.6 Å². The van der Waals surface area contributed by atoms with Gasteiger partial charge in [-0.05, 0) is 36.8 Å². The number of nitrogens with zero attached hydrogens (tertiary/aromatic N) is 2. The minimum Gasteiger partial charge on any atom is -0.393 e. The van der Waals surface area contributed by atoms with E-state index in [9.17, 15) is 0 Å². The van der Waals surface area contributed by atoms with Gasteiger partial charge < -0.3 is 16.4 Å². The fourth-order valence-corrected chi connectivity index (χ4v) is 2.33. The summed E-state index contributed by atoms with van der Waals surface area (Å²) in [6.45, 7) is 2.02. The van der Waals surface area contributed by atoms with E-state index in [0.29, 0.717) is 22.3 Å². The van der Waals surface area contributed by atoms with Gasteiger partial charge in [0.2, 0.25) is 0 Å². The molecule has 1 heterocycles. The molecule has 5 nitrogen and oxygen atoms in total. The van der Waals surface area contributed by atoms with Gasteiger partial charge in [-0.2, -0.15) is 0 Å². The van der Waals surface area contributed by atoms with Crippen LogP contribution in [0.4, 0.5) is 28.7 Å².